The lowest BCUT2D eigenvalue weighted by atomic mass is 9.82. The van der Waals surface area contributed by atoms with E-state index >= 15 is 0 Å². The highest BCUT2D eigenvalue weighted by Crippen LogP contribution is 2.27. The number of nitrogens with two attached hydrogens (primary N) is 1. The second kappa shape index (κ2) is 5.18. The Morgan fingerprint density at radius 2 is 1.90 bits per heavy atom. The standard InChI is InChI=1S/C14H20N2O3S/c1-8-4-12(5-8)16-14(17)11-6-9(2)10(3)13(7-11)20(15,18)19/h6-8,12H,4-5H2,1-3H3,(H,16,17)(H2,15,18,19). The Bertz CT molecular complexity index is 647. The molecule has 1 amide bonds. The highest BCUT2D eigenvalue weighted by molar-refractivity contribution is 7.89. The summed E-state index contributed by atoms with van der Waals surface area (Å²) < 4.78 is 23.1. The molecular formula is C14H20N2O3S. The summed E-state index contributed by atoms with van der Waals surface area (Å²) in [5.74, 6) is 0.398. The number of carbonyl (C=O) groups is 1. The maximum Gasteiger partial charge on any atom is 0.251 e. The molecule has 0 atom stereocenters. The lowest BCUT2D eigenvalue weighted by molar-refractivity contribution is 0.0895. The van der Waals surface area contributed by atoms with Gasteiger partial charge in [0.05, 0.1) is 4.90 Å². The van der Waals surface area contributed by atoms with E-state index in [1.807, 2.05) is 0 Å². The summed E-state index contributed by atoms with van der Waals surface area (Å²) in [6.07, 6.45) is 1.94. The summed E-state index contributed by atoms with van der Waals surface area (Å²) in [6.45, 7) is 5.59. The molecule has 110 valence electrons. The van der Waals surface area contributed by atoms with Gasteiger partial charge in [0, 0.05) is 11.6 Å². The molecule has 1 aliphatic rings. The molecule has 0 aliphatic heterocycles. The Kier molecular flexibility index (Phi) is 3.88. The van der Waals surface area contributed by atoms with Crippen LogP contribution in [0, 0.1) is 19.8 Å². The molecule has 6 heteroatoms. The Balaban J connectivity index is 2.28. The topological polar surface area (TPSA) is 89.3 Å². The third-order valence-electron chi connectivity index (χ3n) is 3.90. The molecule has 1 saturated carbocycles. The van der Waals surface area contributed by atoms with Gasteiger partial charge in [-0.15, -0.1) is 0 Å². The highest BCUT2D eigenvalue weighted by atomic mass is 32.2. The molecule has 5 nitrogen and oxygen atoms in total. The fourth-order valence-corrected chi connectivity index (χ4v) is 3.42. The number of benzene rings is 1. The second-order valence-electron chi connectivity index (χ2n) is 5.71. The van der Waals surface area contributed by atoms with Crippen LogP contribution in [0.3, 0.4) is 0 Å². The van der Waals surface area contributed by atoms with Crippen molar-refractivity contribution in [3.05, 3.63) is 28.8 Å². The fraction of sp³-hybridized carbons (Fsp3) is 0.500. The summed E-state index contributed by atoms with van der Waals surface area (Å²) >= 11 is 0. The average molecular weight is 296 g/mol. The van der Waals surface area contributed by atoms with E-state index in [1.54, 1.807) is 19.9 Å². The average Bonchev–Trinajstić information content (AvgIpc) is 2.28. The molecule has 0 spiro atoms. The molecule has 1 aromatic rings. The number of hydrogen-bond acceptors (Lipinski definition) is 3. The summed E-state index contributed by atoms with van der Waals surface area (Å²) in [6, 6.07) is 3.24. The SMILES string of the molecule is Cc1cc(C(=O)NC2CC(C)C2)cc(S(N)(=O)=O)c1C. The molecule has 0 heterocycles. The fourth-order valence-electron chi connectivity index (χ4n) is 2.54. The zero-order valence-electron chi connectivity index (χ0n) is 11.9. The number of rotatable bonds is 3. The molecule has 3 N–H and O–H groups in total. The predicted molar refractivity (Wildman–Crippen MR) is 76.9 cm³/mol. The van der Waals surface area contributed by atoms with Crippen molar-refractivity contribution in [3.63, 3.8) is 0 Å². The number of carbonyl (C=O) groups excluding carboxylic acids is 1. The van der Waals surface area contributed by atoms with E-state index in [0.29, 0.717) is 17.0 Å². The zero-order chi connectivity index (χ0) is 15.1. The summed E-state index contributed by atoms with van der Waals surface area (Å²) in [5, 5.41) is 8.11. The number of nitrogens with one attached hydrogen (secondary N) is 1. The Hall–Kier alpha value is -1.40. The van der Waals surface area contributed by atoms with Crippen LogP contribution in [0.5, 0.6) is 0 Å². The minimum absolute atomic E-state index is 0.0182. The maximum atomic E-state index is 12.2. The van der Waals surface area contributed by atoms with Gasteiger partial charge in [0.15, 0.2) is 0 Å². The van der Waals surface area contributed by atoms with Crippen LogP contribution in [0.4, 0.5) is 0 Å². The molecule has 0 radical (unpaired) electrons. The Labute approximate surface area is 119 Å². The van der Waals surface area contributed by atoms with E-state index < -0.39 is 10.0 Å². The summed E-state index contributed by atoms with van der Waals surface area (Å²) in [5.41, 5.74) is 1.67. The lowest BCUT2D eigenvalue weighted by Gasteiger charge is -2.33. The monoisotopic (exact) mass is 296 g/mol. The van der Waals surface area contributed by atoms with Crippen LogP contribution in [-0.2, 0) is 10.0 Å². The smallest absolute Gasteiger partial charge is 0.251 e. The van der Waals surface area contributed by atoms with Crippen LogP contribution < -0.4 is 10.5 Å². The van der Waals surface area contributed by atoms with Crippen LogP contribution in [0.15, 0.2) is 17.0 Å². The number of primary sulfonamides is 1. The first-order chi connectivity index (χ1) is 9.18. The molecule has 1 aromatic carbocycles. The van der Waals surface area contributed by atoms with Gasteiger partial charge in [-0.1, -0.05) is 6.92 Å². The number of amides is 1. The van der Waals surface area contributed by atoms with Gasteiger partial charge in [0.1, 0.15) is 0 Å². The number of sulfonamides is 1. The van der Waals surface area contributed by atoms with Crippen LogP contribution in [0.25, 0.3) is 0 Å². The molecule has 0 bridgehead atoms. The van der Waals surface area contributed by atoms with Gasteiger partial charge in [-0.2, -0.15) is 0 Å². The molecular weight excluding hydrogens is 276 g/mol. The van der Waals surface area contributed by atoms with Crippen LogP contribution in [0.2, 0.25) is 0 Å². The molecule has 0 unspecified atom stereocenters. The Morgan fingerprint density at radius 3 is 2.40 bits per heavy atom. The lowest BCUT2D eigenvalue weighted by Crippen LogP contribution is -2.43. The zero-order valence-corrected chi connectivity index (χ0v) is 12.8. The van der Waals surface area contributed by atoms with E-state index in [2.05, 4.69) is 12.2 Å². The first kappa shape index (κ1) is 15.0. The van der Waals surface area contributed by atoms with E-state index in [-0.39, 0.29) is 16.8 Å². The summed E-state index contributed by atoms with van der Waals surface area (Å²) in [4.78, 5) is 12.2. The van der Waals surface area contributed by atoms with Crippen molar-refractivity contribution in [2.45, 2.75) is 44.6 Å². The van der Waals surface area contributed by atoms with Gasteiger partial charge in [0.25, 0.3) is 5.91 Å². The maximum absolute atomic E-state index is 12.2. The van der Waals surface area contributed by atoms with E-state index in [4.69, 9.17) is 5.14 Å². The van der Waals surface area contributed by atoms with Gasteiger partial charge in [0.2, 0.25) is 10.0 Å². The Morgan fingerprint density at radius 1 is 1.30 bits per heavy atom. The minimum Gasteiger partial charge on any atom is -0.349 e. The molecule has 20 heavy (non-hydrogen) atoms. The van der Waals surface area contributed by atoms with Gasteiger partial charge < -0.3 is 5.32 Å². The van der Waals surface area contributed by atoms with Crippen molar-refractivity contribution in [1.82, 2.24) is 5.32 Å². The minimum atomic E-state index is -3.82. The van der Waals surface area contributed by atoms with Gasteiger partial charge in [-0.3, -0.25) is 4.79 Å². The molecule has 0 aromatic heterocycles. The van der Waals surface area contributed by atoms with Crippen molar-refractivity contribution >= 4 is 15.9 Å². The first-order valence-corrected chi connectivity index (χ1v) is 8.18. The predicted octanol–water partition coefficient (Wildman–Crippen LogP) is 1.48. The van der Waals surface area contributed by atoms with Gasteiger partial charge >= 0.3 is 0 Å². The third-order valence-corrected chi connectivity index (χ3v) is 4.93. The first-order valence-electron chi connectivity index (χ1n) is 6.63. The van der Waals surface area contributed by atoms with E-state index in [9.17, 15) is 13.2 Å². The van der Waals surface area contributed by atoms with Crippen LogP contribution in [0.1, 0.15) is 41.3 Å². The van der Waals surface area contributed by atoms with Crippen molar-refractivity contribution in [2.24, 2.45) is 11.1 Å². The van der Waals surface area contributed by atoms with Gasteiger partial charge in [-0.25, -0.2) is 13.6 Å². The van der Waals surface area contributed by atoms with Crippen molar-refractivity contribution in [3.8, 4) is 0 Å². The van der Waals surface area contributed by atoms with Crippen molar-refractivity contribution in [1.29, 1.82) is 0 Å². The number of hydrogen-bond donors (Lipinski definition) is 2. The highest BCUT2D eigenvalue weighted by Gasteiger charge is 2.27. The van der Waals surface area contributed by atoms with E-state index in [1.165, 1.54) is 6.07 Å². The van der Waals surface area contributed by atoms with Crippen molar-refractivity contribution in [2.75, 3.05) is 0 Å². The van der Waals surface area contributed by atoms with Crippen LogP contribution >= 0.6 is 0 Å². The molecule has 0 saturated heterocycles. The van der Waals surface area contributed by atoms with E-state index in [0.717, 1.165) is 18.4 Å². The largest absolute Gasteiger partial charge is 0.349 e. The second-order valence-corrected chi connectivity index (χ2v) is 7.24. The number of aryl methyl sites for hydroxylation is 1. The van der Waals surface area contributed by atoms with Gasteiger partial charge in [-0.05, 0) is 55.9 Å². The van der Waals surface area contributed by atoms with Crippen molar-refractivity contribution < 1.29 is 13.2 Å². The van der Waals surface area contributed by atoms with Crippen LogP contribution in [-0.4, -0.2) is 20.4 Å². The molecule has 1 fully saturated rings. The molecule has 2 rings (SSSR count). The summed E-state index contributed by atoms with van der Waals surface area (Å²) in [7, 11) is -3.82. The quantitative estimate of drug-likeness (QED) is 0.885. The normalized spacial score (nSPS) is 22.2. The molecule has 1 aliphatic carbocycles. The third kappa shape index (κ3) is 3.02.